The molecule has 0 saturated carbocycles. The van der Waals surface area contributed by atoms with Crippen LogP contribution in [0.15, 0.2) is 89.1 Å². The molecule has 1 aliphatic heterocycles. The number of phenolic OH excluding ortho intramolecular Hbond substituents is 1. The normalized spacial score (nSPS) is 17.4. The summed E-state index contributed by atoms with van der Waals surface area (Å²) < 4.78 is 0. The van der Waals surface area contributed by atoms with E-state index in [0.29, 0.717) is 41.0 Å². The van der Waals surface area contributed by atoms with Crippen molar-refractivity contribution >= 4 is 42.1 Å². The van der Waals surface area contributed by atoms with Crippen LogP contribution in [0.1, 0.15) is 41.3 Å². The lowest BCUT2D eigenvalue weighted by Gasteiger charge is -2.41. The average molecular weight is 484 g/mol. The molecule has 1 atom stereocenters. The number of carbonyl (C=O) groups is 2. The molecule has 0 bridgehead atoms. The summed E-state index contributed by atoms with van der Waals surface area (Å²) in [6, 6.07) is 18.5. The second kappa shape index (κ2) is 11.4. The standard InChI is InChI=1S/C17H17NO3.C10H8O.C2H4N2/c1-3-4-10-18-15(19)13-7-5-6-12-9-8-11(2)17(21,14(12)13)16(18)20;11-10-6-5-8-3-1-2-4-9(8)7-10;1-3-4-2/h5-9,21H,2-4,10H2,1H3;1-7,11H;1-2H2. The van der Waals surface area contributed by atoms with E-state index in [1.165, 1.54) is 0 Å². The molecule has 36 heavy (non-hydrogen) atoms. The Morgan fingerprint density at radius 1 is 0.944 bits per heavy atom. The van der Waals surface area contributed by atoms with Crippen LogP contribution in [0.5, 0.6) is 5.75 Å². The molecule has 1 heterocycles. The fraction of sp³-hybridized carbons (Fsp3) is 0.172. The van der Waals surface area contributed by atoms with Gasteiger partial charge in [-0.15, -0.1) is 0 Å². The highest BCUT2D eigenvalue weighted by atomic mass is 16.3. The number of nitrogens with zero attached hydrogens (tertiary/aromatic N) is 3. The first kappa shape index (κ1) is 26.2. The van der Waals surface area contributed by atoms with Crippen molar-refractivity contribution in [1.82, 2.24) is 4.90 Å². The Kier molecular flexibility index (Phi) is 8.30. The third-order valence-electron chi connectivity index (χ3n) is 5.99. The summed E-state index contributed by atoms with van der Waals surface area (Å²) in [5.74, 6) is -0.600. The molecule has 184 valence electrons. The molecule has 0 radical (unpaired) electrons. The first-order valence-corrected chi connectivity index (χ1v) is 11.5. The molecule has 3 aromatic rings. The van der Waals surface area contributed by atoms with Crippen LogP contribution < -0.4 is 0 Å². The zero-order valence-electron chi connectivity index (χ0n) is 20.2. The molecule has 7 nitrogen and oxygen atoms in total. The fourth-order valence-electron chi connectivity index (χ4n) is 4.14. The predicted octanol–water partition coefficient (Wildman–Crippen LogP) is 5.09. The van der Waals surface area contributed by atoms with Crippen molar-refractivity contribution in [1.29, 1.82) is 0 Å². The highest BCUT2D eigenvalue weighted by Crippen LogP contribution is 2.43. The number of aromatic hydroxyl groups is 1. The summed E-state index contributed by atoms with van der Waals surface area (Å²) in [5.41, 5.74) is -0.0559. The van der Waals surface area contributed by atoms with Crippen LogP contribution in [0.2, 0.25) is 0 Å². The monoisotopic (exact) mass is 483 g/mol. The van der Waals surface area contributed by atoms with Crippen LogP contribution in [0, 0.1) is 0 Å². The number of hydrogen-bond acceptors (Lipinski definition) is 6. The average Bonchev–Trinajstić information content (AvgIpc) is 2.90. The van der Waals surface area contributed by atoms with Gasteiger partial charge < -0.3 is 10.2 Å². The van der Waals surface area contributed by atoms with Crippen molar-refractivity contribution in [3.63, 3.8) is 0 Å². The summed E-state index contributed by atoms with van der Waals surface area (Å²) in [5, 5.41) is 28.4. The van der Waals surface area contributed by atoms with Crippen LogP contribution in [-0.2, 0) is 10.4 Å². The molecular weight excluding hydrogens is 454 g/mol. The van der Waals surface area contributed by atoms with Gasteiger partial charge in [-0.25, -0.2) is 0 Å². The number of carbonyl (C=O) groups excluding carboxylic acids is 2. The minimum Gasteiger partial charge on any atom is -0.508 e. The number of amides is 2. The quantitative estimate of drug-likeness (QED) is 0.307. The van der Waals surface area contributed by atoms with Crippen molar-refractivity contribution in [2.45, 2.75) is 25.4 Å². The number of imide groups is 1. The second-order valence-electron chi connectivity index (χ2n) is 8.27. The predicted molar refractivity (Wildman–Crippen MR) is 144 cm³/mol. The Bertz CT molecular complexity index is 1360. The molecule has 1 unspecified atom stereocenters. The molecule has 2 amide bonds. The maximum absolute atomic E-state index is 12.7. The number of fused-ring (bicyclic) bond motifs is 1. The zero-order valence-corrected chi connectivity index (χ0v) is 20.2. The van der Waals surface area contributed by atoms with Gasteiger partial charge in [-0.05, 0) is 46.5 Å². The number of rotatable bonds is 4. The number of aliphatic hydroxyl groups is 1. The lowest BCUT2D eigenvalue weighted by Crippen LogP contribution is -2.56. The van der Waals surface area contributed by atoms with E-state index in [4.69, 9.17) is 5.11 Å². The van der Waals surface area contributed by atoms with Crippen molar-refractivity contribution in [3.8, 4) is 5.75 Å². The lowest BCUT2D eigenvalue weighted by molar-refractivity contribution is -0.146. The van der Waals surface area contributed by atoms with E-state index in [2.05, 4.69) is 30.2 Å². The molecule has 0 aromatic heterocycles. The van der Waals surface area contributed by atoms with Crippen molar-refractivity contribution < 1.29 is 19.8 Å². The molecular formula is C29H29N3O4. The van der Waals surface area contributed by atoms with Crippen LogP contribution in [0.25, 0.3) is 16.8 Å². The number of unbranched alkanes of at least 4 members (excludes halogenated alkanes) is 1. The number of benzene rings is 3. The Morgan fingerprint density at radius 2 is 1.64 bits per heavy atom. The SMILES string of the molecule is C=C1C=Cc2cccc3c2C1(O)C(=O)N(CCCC)C3=O.C=NN=C.Oc1ccc2ccccc2c1. The van der Waals surface area contributed by atoms with Crippen LogP contribution in [-0.4, -0.2) is 46.9 Å². The second-order valence-corrected chi connectivity index (χ2v) is 8.27. The van der Waals surface area contributed by atoms with Crippen LogP contribution >= 0.6 is 0 Å². The topological polar surface area (TPSA) is 103 Å². The smallest absolute Gasteiger partial charge is 0.270 e. The maximum Gasteiger partial charge on any atom is 0.270 e. The van der Waals surface area contributed by atoms with Crippen LogP contribution in [0.4, 0.5) is 0 Å². The number of hydrogen-bond donors (Lipinski definition) is 2. The van der Waals surface area contributed by atoms with Crippen LogP contribution in [0.3, 0.4) is 0 Å². The Labute approximate surface area is 210 Å². The van der Waals surface area contributed by atoms with Gasteiger partial charge in [0, 0.05) is 31.1 Å². The fourth-order valence-corrected chi connectivity index (χ4v) is 4.14. The highest BCUT2D eigenvalue weighted by Gasteiger charge is 2.52. The van der Waals surface area contributed by atoms with Gasteiger partial charge in [0.05, 0.1) is 0 Å². The molecule has 3 aromatic carbocycles. The summed E-state index contributed by atoms with van der Waals surface area (Å²) >= 11 is 0. The van der Waals surface area contributed by atoms with Gasteiger partial charge in [0.25, 0.3) is 11.8 Å². The first-order chi connectivity index (χ1) is 17.3. The van der Waals surface area contributed by atoms with Gasteiger partial charge in [0.15, 0.2) is 5.60 Å². The summed E-state index contributed by atoms with van der Waals surface area (Å²) in [6.45, 7) is 12.1. The van der Waals surface area contributed by atoms with Gasteiger partial charge in [0.1, 0.15) is 5.75 Å². The van der Waals surface area contributed by atoms with Gasteiger partial charge in [-0.3, -0.25) is 14.5 Å². The van der Waals surface area contributed by atoms with Crippen molar-refractivity contribution in [2.75, 3.05) is 6.54 Å². The molecule has 0 saturated heterocycles. The van der Waals surface area contributed by atoms with Gasteiger partial charge in [-0.1, -0.05) is 74.5 Å². The molecule has 1 aliphatic carbocycles. The molecule has 7 heteroatoms. The Balaban J connectivity index is 0.000000200. The van der Waals surface area contributed by atoms with E-state index in [9.17, 15) is 14.7 Å². The summed E-state index contributed by atoms with van der Waals surface area (Å²) in [4.78, 5) is 26.4. The first-order valence-electron chi connectivity index (χ1n) is 11.5. The number of phenols is 1. The molecule has 2 aliphatic rings. The molecule has 5 rings (SSSR count). The lowest BCUT2D eigenvalue weighted by atomic mass is 9.74. The minimum atomic E-state index is -1.82. The highest BCUT2D eigenvalue weighted by molar-refractivity contribution is 6.15. The Morgan fingerprint density at radius 3 is 2.31 bits per heavy atom. The van der Waals surface area contributed by atoms with E-state index in [1.54, 1.807) is 42.5 Å². The van der Waals surface area contributed by atoms with E-state index < -0.39 is 11.5 Å². The van der Waals surface area contributed by atoms with E-state index >= 15 is 0 Å². The van der Waals surface area contributed by atoms with E-state index in [1.807, 2.05) is 37.3 Å². The Hall–Kier alpha value is -4.36. The van der Waals surface area contributed by atoms with E-state index in [-0.39, 0.29) is 5.91 Å². The zero-order chi connectivity index (χ0) is 26.3. The summed E-state index contributed by atoms with van der Waals surface area (Å²) in [7, 11) is 0. The van der Waals surface area contributed by atoms with Gasteiger partial charge in [-0.2, -0.15) is 10.2 Å². The molecule has 0 fully saturated rings. The molecule has 2 N–H and O–H groups in total. The molecule has 0 spiro atoms. The third-order valence-corrected chi connectivity index (χ3v) is 5.99. The van der Waals surface area contributed by atoms with Gasteiger partial charge >= 0.3 is 0 Å². The van der Waals surface area contributed by atoms with Crippen molar-refractivity contribution in [2.24, 2.45) is 10.2 Å². The van der Waals surface area contributed by atoms with Crippen molar-refractivity contribution in [3.05, 3.63) is 95.6 Å². The maximum atomic E-state index is 12.7. The van der Waals surface area contributed by atoms with E-state index in [0.717, 1.165) is 22.1 Å². The third kappa shape index (κ3) is 5.01. The minimum absolute atomic E-state index is 0.307. The summed E-state index contributed by atoms with van der Waals surface area (Å²) in [6.07, 6.45) is 4.99. The largest absolute Gasteiger partial charge is 0.508 e. The van der Waals surface area contributed by atoms with Gasteiger partial charge in [0.2, 0.25) is 0 Å².